The van der Waals surface area contributed by atoms with Crippen LogP contribution in [0.3, 0.4) is 0 Å². The van der Waals surface area contributed by atoms with Crippen LogP contribution in [-0.2, 0) is 12.5 Å². The van der Waals surface area contributed by atoms with Crippen molar-refractivity contribution in [1.29, 1.82) is 0 Å². The lowest BCUT2D eigenvalue weighted by Gasteiger charge is -2.20. The van der Waals surface area contributed by atoms with Gasteiger partial charge in [-0.25, -0.2) is 30.7 Å². The molecule has 4 aromatic carbocycles. The number of aryl methyl sites for hydroxylation is 1. The Morgan fingerprint density at radius 3 is 1.95 bits per heavy atom. The Hall–Kier alpha value is -4.65. The molecule has 41 heavy (non-hydrogen) atoms. The number of ether oxygens (including phenoxy) is 1. The first kappa shape index (κ1) is 29.3. The quantitative estimate of drug-likeness (QED) is 0.0924. The minimum absolute atomic E-state index is 0.0810. The average molecular weight is 576 g/mol. The number of halogens is 9. The SMILES string of the molecule is C=CCCc1ccc(C#Cc2cc(F)c(C(F)(F)Oc3ccc(-c4cc(F)c(F)c(F)c4)c(F)c3)c(F)c2)c(F)c1. The molecule has 10 heteroatoms. The van der Waals surface area contributed by atoms with Crippen molar-refractivity contribution in [3.63, 3.8) is 0 Å². The van der Waals surface area contributed by atoms with Crippen molar-refractivity contribution in [1.82, 2.24) is 0 Å². The summed E-state index contributed by atoms with van der Waals surface area (Å²) in [6.07, 6.45) is -1.80. The van der Waals surface area contributed by atoms with Crippen LogP contribution >= 0.6 is 0 Å². The molecule has 0 fully saturated rings. The molecule has 0 unspecified atom stereocenters. The first-order valence-corrected chi connectivity index (χ1v) is 11.8. The van der Waals surface area contributed by atoms with Crippen LogP contribution in [0.15, 0.2) is 73.3 Å². The second kappa shape index (κ2) is 11.8. The molecular weight excluding hydrogens is 559 g/mol. The third kappa shape index (κ3) is 6.57. The van der Waals surface area contributed by atoms with Gasteiger partial charge in [-0.3, -0.25) is 0 Å². The maximum atomic E-state index is 14.8. The summed E-state index contributed by atoms with van der Waals surface area (Å²) in [5.74, 6) is -6.62. The number of alkyl halides is 2. The van der Waals surface area contributed by atoms with Crippen LogP contribution in [0.5, 0.6) is 5.75 Å². The van der Waals surface area contributed by atoms with E-state index in [9.17, 15) is 39.5 Å². The normalized spacial score (nSPS) is 11.1. The third-order valence-electron chi connectivity index (χ3n) is 5.83. The predicted molar refractivity (Wildman–Crippen MR) is 133 cm³/mol. The molecule has 4 rings (SSSR count). The Morgan fingerprint density at radius 1 is 0.707 bits per heavy atom. The van der Waals surface area contributed by atoms with Gasteiger partial charge in [0, 0.05) is 17.2 Å². The zero-order valence-corrected chi connectivity index (χ0v) is 20.8. The molecule has 0 spiro atoms. The molecule has 0 saturated heterocycles. The van der Waals surface area contributed by atoms with Crippen LogP contribution in [0.1, 0.15) is 28.7 Å². The minimum atomic E-state index is -4.64. The van der Waals surface area contributed by atoms with Gasteiger partial charge in [0.25, 0.3) is 0 Å². The molecule has 1 nitrogen and oxygen atoms in total. The fourth-order valence-corrected chi connectivity index (χ4v) is 3.85. The van der Waals surface area contributed by atoms with Crippen LogP contribution in [-0.4, -0.2) is 0 Å². The fraction of sp³-hybridized carbons (Fsp3) is 0.0968. The van der Waals surface area contributed by atoms with Gasteiger partial charge in [-0.2, -0.15) is 8.78 Å². The second-order valence-electron chi connectivity index (χ2n) is 8.72. The first-order valence-electron chi connectivity index (χ1n) is 11.8. The van der Waals surface area contributed by atoms with Crippen molar-refractivity contribution in [2.24, 2.45) is 0 Å². The van der Waals surface area contributed by atoms with Gasteiger partial charge in [-0.05, 0) is 72.5 Å². The van der Waals surface area contributed by atoms with Crippen molar-refractivity contribution < 1.29 is 44.3 Å². The Balaban J connectivity index is 1.57. The summed E-state index contributed by atoms with van der Waals surface area (Å²) in [5, 5.41) is 0. The standard InChI is InChI=1S/C31H17F9O/c1-2-3-4-17-5-7-19(23(32)11-17)8-6-18-12-25(34)29(26(35)13-18)31(39,40)41-21-9-10-22(24(33)16-21)20-14-27(36)30(38)28(37)15-20/h2,5,7,9-16H,1,3-4H2. The van der Waals surface area contributed by atoms with E-state index in [0.717, 1.165) is 12.1 Å². The van der Waals surface area contributed by atoms with Crippen molar-refractivity contribution in [3.05, 3.63) is 136 Å². The van der Waals surface area contributed by atoms with Gasteiger partial charge in [0.05, 0.1) is 5.56 Å². The maximum Gasteiger partial charge on any atom is 0.432 e. The van der Waals surface area contributed by atoms with Crippen LogP contribution in [0.4, 0.5) is 39.5 Å². The lowest BCUT2D eigenvalue weighted by molar-refractivity contribution is -0.189. The van der Waals surface area contributed by atoms with E-state index < -0.39 is 69.3 Å². The molecule has 0 heterocycles. The zero-order chi connectivity index (χ0) is 29.9. The Morgan fingerprint density at radius 2 is 1.37 bits per heavy atom. The number of hydrogen-bond acceptors (Lipinski definition) is 1. The Bertz CT molecular complexity index is 1650. The predicted octanol–water partition coefficient (Wildman–Crippen LogP) is 8.97. The summed E-state index contributed by atoms with van der Waals surface area (Å²) in [6.45, 7) is 3.58. The van der Waals surface area contributed by atoms with Gasteiger partial charge in [0.15, 0.2) is 17.5 Å². The molecule has 0 amide bonds. The highest BCUT2D eigenvalue weighted by Crippen LogP contribution is 2.37. The van der Waals surface area contributed by atoms with E-state index in [-0.39, 0.29) is 11.1 Å². The van der Waals surface area contributed by atoms with Gasteiger partial charge >= 0.3 is 6.11 Å². The van der Waals surface area contributed by atoms with Gasteiger partial charge in [-0.1, -0.05) is 24.0 Å². The molecular formula is C31H17F9O. The highest BCUT2D eigenvalue weighted by Gasteiger charge is 2.41. The minimum Gasteiger partial charge on any atom is -0.429 e. The third-order valence-corrected chi connectivity index (χ3v) is 5.83. The fourth-order valence-electron chi connectivity index (χ4n) is 3.85. The molecule has 0 radical (unpaired) electrons. The largest absolute Gasteiger partial charge is 0.432 e. The summed E-state index contributed by atoms with van der Waals surface area (Å²) in [4.78, 5) is 0. The molecule has 0 atom stereocenters. The Kier molecular flexibility index (Phi) is 8.47. The summed E-state index contributed by atoms with van der Waals surface area (Å²) in [5.41, 5.74) is -2.49. The van der Waals surface area contributed by atoms with Gasteiger partial charge in [-0.15, -0.1) is 6.58 Å². The lowest BCUT2D eigenvalue weighted by atomic mass is 10.0. The Labute approximate surface area is 228 Å². The number of hydrogen-bond donors (Lipinski definition) is 0. The molecule has 0 saturated carbocycles. The molecule has 0 aromatic heterocycles. The van der Waals surface area contributed by atoms with Gasteiger partial charge < -0.3 is 4.74 Å². The van der Waals surface area contributed by atoms with Crippen molar-refractivity contribution in [3.8, 4) is 28.7 Å². The summed E-state index contributed by atoms with van der Waals surface area (Å²) < 4.78 is 132. The van der Waals surface area contributed by atoms with E-state index in [4.69, 9.17) is 0 Å². The van der Waals surface area contributed by atoms with E-state index in [2.05, 4.69) is 23.2 Å². The van der Waals surface area contributed by atoms with E-state index in [1.54, 1.807) is 12.1 Å². The topological polar surface area (TPSA) is 9.23 Å². The van der Waals surface area contributed by atoms with E-state index in [1.807, 2.05) is 0 Å². The first-order chi connectivity index (χ1) is 19.4. The highest BCUT2D eigenvalue weighted by atomic mass is 19.3. The van der Waals surface area contributed by atoms with Gasteiger partial charge in [0.2, 0.25) is 0 Å². The molecule has 0 aliphatic rings. The number of benzene rings is 4. The van der Waals surface area contributed by atoms with Crippen molar-refractivity contribution >= 4 is 0 Å². The number of rotatable bonds is 7. The van der Waals surface area contributed by atoms with E-state index in [0.29, 0.717) is 48.7 Å². The van der Waals surface area contributed by atoms with Crippen LogP contribution < -0.4 is 4.74 Å². The van der Waals surface area contributed by atoms with Crippen LogP contribution in [0.25, 0.3) is 11.1 Å². The number of allylic oxidation sites excluding steroid dienone is 1. The van der Waals surface area contributed by atoms with Crippen molar-refractivity contribution in [2.75, 3.05) is 0 Å². The van der Waals surface area contributed by atoms with Crippen molar-refractivity contribution in [2.45, 2.75) is 19.0 Å². The summed E-state index contributed by atoms with van der Waals surface area (Å²) in [6, 6.07) is 8.20. The van der Waals surface area contributed by atoms with E-state index >= 15 is 0 Å². The van der Waals surface area contributed by atoms with E-state index in [1.165, 1.54) is 12.1 Å². The average Bonchev–Trinajstić information content (AvgIpc) is 2.89. The highest BCUT2D eigenvalue weighted by molar-refractivity contribution is 5.65. The van der Waals surface area contributed by atoms with Gasteiger partial charge in [0.1, 0.15) is 34.6 Å². The molecule has 4 aromatic rings. The second-order valence-corrected chi connectivity index (χ2v) is 8.72. The molecule has 210 valence electrons. The molecule has 0 aliphatic heterocycles. The lowest BCUT2D eigenvalue weighted by Crippen LogP contribution is -2.25. The zero-order valence-electron chi connectivity index (χ0n) is 20.8. The molecule has 0 bridgehead atoms. The summed E-state index contributed by atoms with van der Waals surface area (Å²) in [7, 11) is 0. The van der Waals surface area contributed by atoms with Crippen LogP contribution in [0, 0.1) is 52.6 Å². The molecule has 0 N–H and O–H groups in total. The summed E-state index contributed by atoms with van der Waals surface area (Å²) >= 11 is 0. The van der Waals surface area contributed by atoms with Crippen LogP contribution in [0.2, 0.25) is 0 Å². The maximum absolute atomic E-state index is 14.8. The molecule has 0 aliphatic carbocycles. The monoisotopic (exact) mass is 576 g/mol. The smallest absolute Gasteiger partial charge is 0.429 e.